The molecule has 2 unspecified atom stereocenters. The van der Waals surface area contributed by atoms with E-state index in [0.717, 1.165) is 11.4 Å². The van der Waals surface area contributed by atoms with Crippen LogP contribution in [0.4, 0.5) is 0 Å². The summed E-state index contributed by atoms with van der Waals surface area (Å²) in [5, 5.41) is 8.92. The maximum Gasteiger partial charge on any atom is 0.306 e. The summed E-state index contributed by atoms with van der Waals surface area (Å²) < 4.78 is 1.75. The normalized spacial score (nSPS) is 23.0. The third-order valence-electron chi connectivity index (χ3n) is 3.65. The summed E-state index contributed by atoms with van der Waals surface area (Å²) in [5.41, 5.74) is 4.78. The summed E-state index contributed by atoms with van der Waals surface area (Å²) in [4.78, 5) is 22.9. The Bertz CT molecular complexity index is 459. The van der Waals surface area contributed by atoms with Crippen LogP contribution in [0.1, 0.15) is 30.7 Å². The van der Waals surface area contributed by atoms with E-state index < -0.39 is 5.97 Å². The molecule has 2 rings (SSSR count). The van der Waals surface area contributed by atoms with Crippen molar-refractivity contribution in [3.63, 3.8) is 0 Å². The zero-order chi connectivity index (χ0) is 13.3. The van der Waals surface area contributed by atoms with E-state index in [1.165, 1.54) is 0 Å². The number of carboxylic acids is 1. The number of hydrogen-bond donors (Lipinski definition) is 2. The molecule has 0 bridgehead atoms. The minimum Gasteiger partial charge on any atom is -0.481 e. The van der Waals surface area contributed by atoms with Crippen LogP contribution in [-0.4, -0.2) is 21.7 Å². The molecule has 1 heterocycles. The van der Waals surface area contributed by atoms with Gasteiger partial charge in [0.15, 0.2) is 0 Å². The monoisotopic (exact) mass is 250 g/mol. The summed E-state index contributed by atoms with van der Waals surface area (Å²) in [5.74, 6) is -1.43. The molecule has 2 N–H and O–H groups in total. The lowest BCUT2D eigenvalue weighted by Crippen LogP contribution is -2.30. The molecule has 0 spiro atoms. The van der Waals surface area contributed by atoms with Crippen molar-refractivity contribution in [3.05, 3.63) is 23.5 Å². The highest BCUT2D eigenvalue weighted by atomic mass is 16.4. The van der Waals surface area contributed by atoms with Crippen LogP contribution in [0.2, 0.25) is 0 Å². The van der Waals surface area contributed by atoms with Crippen LogP contribution in [0.5, 0.6) is 0 Å². The smallest absolute Gasteiger partial charge is 0.306 e. The van der Waals surface area contributed by atoms with Crippen molar-refractivity contribution in [2.24, 2.45) is 11.8 Å². The predicted molar refractivity (Wildman–Crippen MR) is 66.7 cm³/mol. The molecule has 5 heteroatoms. The minimum atomic E-state index is -0.793. The highest BCUT2D eigenvalue weighted by Crippen LogP contribution is 2.31. The Labute approximate surface area is 106 Å². The first-order chi connectivity index (χ1) is 8.49. The Morgan fingerprint density at radius 3 is 2.28 bits per heavy atom. The first-order valence-electron chi connectivity index (χ1n) is 6.17. The molecule has 5 nitrogen and oxygen atoms in total. The summed E-state index contributed by atoms with van der Waals surface area (Å²) in [6.45, 7) is 3.84. The van der Waals surface area contributed by atoms with E-state index in [1.807, 2.05) is 26.0 Å². The van der Waals surface area contributed by atoms with Gasteiger partial charge < -0.3 is 5.11 Å². The van der Waals surface area contributed by atoms with Crippen molar-refractivity contribution >= 4 is 11.9 Å². The van der Waals surface area contributed by atoms with Crippen LogP contribution in [0.25, 0.3) is 0 Å². The lowest BCUT2D eigenvalue weighted by Gasteiger charge is -2.14. The predicted octanol–water partition coefficient (Wildman–Crippen LogP) is 1.68. The highest BCUT2D eigenvalue weighted by Gasteiger charge is 2.34. The maximum atomic E-state index is 12.1. The molecule has 1 aromatic rings. The third-order valence-corrected chi connectivity index (χ3v) is 3.65. The zero-order valence-electron chi connectivity index (χ0n) is 10.6. The average molecular weight is 250 g/mol. The molecule has 2 atom stereocenters. The number of amides is 1. The fourth-order valence-corrected chi connectivity index (χ4v) is 2.49. The van der Waals surface area contributed by atoms with E-state index in [0.29, 0.717) is 19.3 Å². The van der Waals surface area contributed by atoms with Crippen molar-refractivity contribution in [2.75, 3.05) is 5.43 Å². The van der Waals surface area contributed by atoms with Gasteiger partial charge in [0.2, 0.25) is 5.91 Å². The van der Waals surface area contributed by atoms with Crippen LogP contribution >= 0.6 is 0 Å². The maximum absolute atomic E-state index is 12.1. The fourth-order valence-electron chi connectivity index (χ4n) is 2.49. The van der Waals surface area contributed by atoms with Crippen LogP contribution in [0, 0.1) is 25.7 Å². The van der Waals surface area contributed by atoms with E-state index in [9.17, 15) is 9.59 Å². The number of aliphatic carboxylic acids is 1. The molecule has 1 fully saturated rings. The second-order valence-corrected chi connectivity index (χ2v) is 4.97. The van der Waals surface area contributed by atoms with Crippen LogP contribution < -0.4 is 5.43 Å². The molecule has 0 radical (unpaired) electrons. The molecule has 0 aliphatic heterocycles. The second kappa shape index (κ2) is 4.84. The van der Waals surface area contributed by atoms with Gasteiger partial charge in [-0.1, -0.05) is 0 Å². The number of carbonyl (C=O) groups excluding carboxylic acids is 1. The molecule has 1 amide bonds. The SMILES string of the molecule is Cc1ccc(C)n1NC(=O)C1CCC(C(=O)O)C1. The van der Waals surface area contributed by atoms with Crippen LogP contribution in [-0.2, 0) is 9.59 Å². The molecular weight excluding hydrogens is 232 g/mol. The van der Waals surface area contributed by atoms with E-state index in [2.05, 4.69) is 5.43 Å². The first-order valence-corrected chi connectivity index (χ1v) is 6.17. The van der Waals surface area contributed by atoms with Gasteiger partial charge in [-0.15, -0.1) is 0 Å². The number of hydrogen-bond acceptors (Lipinski definition) is 2. The summed E-state index contributed by atoms with van der Waals surface area (Å²) in [7, 11) is 0. The number of nitrogens with zero attached hydrogens (tertiary/aromatic N) is 1. The van der Waals surface area contributed by atoms with Gasteiger partial charge in [0, 0.05) is 17.3 Å². The van der Waals surface area contributed by atoms with Crippen molar-refractivity contribution in [3.8, 4) is 0 Å². The van der Waals surface area contributed by atoms with Crippen molar-refractivity contribution in [1.29, 1.82) is 0 Å². The summed E-state index contributed by atoms with van der Waals surface area (Å²) in [6.07, 6.45) is 1.69. The highest BCUT2D eigenvalue weighted by molar-refractivity contribution is 5.87. The fraction of sp³-hybridized carbons (Fsp3) is 0.538. The second-order valence-electron chi connectivity index (χ2n) is 4.97. The van der Waals surface area contributed by atoms with Gasteiger partial charge in [-0.3, -0.25) is 19.7 Å². The topological polar surface area (TPSA) is 71.3 Å². The Hall–Kier alpha value is -1.78. The Morgan fingerprint density at radius 2 is 1.78 bits per heavy atom. The molecule has 1 aromatic heterocycles. The Morgan fingerprint density at radius 1 is 1.22 bits per heavy atom. The molecular formula is C13H18N2O3. The first kappa shape index (κ1) is 12.7. The number of carbonyl (C=O) groups is 2. The zero-order valence-corrected chi connectivity index (χ0v) is 10.6. The van der Waals surface area contributed by atoms with Crippen molar-refractivity contribution in [2.45, 2.75) is 33.1 Å². The number of carboxylic acid groups (broad SMARTS) is 1. The van der Waals surface area contributed by atoms with Gasteiger partial charge in [0.1, 0.15) is 0 Å². The molecule has 1 aliphatic rings. The number of rotatable bonds is 3. The van der Waals surface area contributed by atoms with E-state index >= 15 is 0 Å². The van der Waals surface area contributed by atoms with Gasteiger partial charge in [0.25, 0.3) is 0 Å². The Balaban J connectivity index is 2.00. The molecule has 0 aromatic carbocycles. The van der Waals surface area contributed by atoms with Gasteiger partial charge in [-0.25, -0.2) is 0 Å². The van der Waals surface area contributed by atoms with Crippen LogP contribution in [0.15, 0.2) is 12.1 Å². The number of aromatic nitrogens is 1. The summed E-state index contributed by atoms with van der Waals surface area (Å²) >= 11 is 0. The molecule has 1 aliphatic carbocycles. The number of nitrogens with one attached hydrogen (secondary N) is 1. The van der Waals surface area contributed by atoms with Gasteiger partial charge >= 0.3 is 5.97 Å². The minimum absolute atomic E-state index is 0.0823. The summed E-state index contributed by atoms with van der Waals surface area (Å²) in [6, 6.07) is 3.87. The lowest BCUT2D eigenvalue weighted by molar-refractivity contribution is -0.141. The Kier molecular flexibility index (Phi) is 3.41. The van der Waals surface area contributed by atoms with Gasteiger partial charge in [0.05, 0.1) is 5.92 Å². The third kappa shape index (κ3) is 2.39. The molecule has 0 saturated heterocycles. The van der Waals surface area contributed by atoms with E-state index in [4.69, 9.17) is 5.11 Å². The van der Waals surface area contributed by atoms with Crippen molar-refractivity contribution < 1.29 is 14.7 Å². The molecule has 18 heavy (non-hydrogen) atoms. The quantitative estimate of drug-likeness (QED) is 0.857. The van der Waals surface area contributed by atoms with E-state index in [-0.39, 0.29) is 17.7 Å². The standard InChI is InChI=1S/C13H18N2O3/c1-8-3-4-9(2)15(8)14-12(16)10-5-6-11(7-10)13(17)18/h3-4,10-11H,5-7H2,1-2H3,(H,14,16)(H,17,18). The van der Waals surface area contributed by atoms with Crippen molar-refractivity contribution in [1.82, 2.24) is 4.68 Å². The van der Waals surface area contributed by atoms with Gasteiger partial charge in [-0.05, 0) is 45.2 Å². The van der Waals surface area contributed by atoms with E-state index in [1.54, 1.807) is 4.68 Å². The lowest BCUT2D eigenvalue weighted by atomic mass is 10.0. The molecule has 98 valence electrons. The molecule has 1 saturated carbocycles. The largest absolute Gasteiger partial charge is 0.481 e. The van der Waals surface area contributed by atoms with Gasteiger partial charge in [-0.2, -0.15) is 0 Å². The number of aryl methyl sites for hydroxylation is 2. The van der Waals surface area contributed by atoms with Crippen LogP contribution in [0.3, 0.4) is 0 Å². The average Bonchev–Trinajstić information content (AvgIpc) is 2.91.